The number of nitrogen functional groups attached to an aromatic ring is 1. The molecular weight excluding hydrogens is 228 g/mol. The van der Waals surface area contributed by atoms with Crippen LogP contribution in [0.1, 0.15) is 19.8 Å². The van der Waals surface area contributed by atoms with Gasteiger partial charge in [-0.05, 0) is 38.0 Å². The quantitative estimate of drug-likeness (QED) is 0.781. The van der Waals surface area contributed by atoms with E-state index in [-0.39, 0.29) is 5.54 Å². The molecule has 1 aliphatic rings. The maximum Gasteiger partial charge on any atom is 0.0589 e. The molecule has 0 aromatic heterocycles. The van der Waals surface area contributed by atoms with Crippen LogP contribution in [0.15, 0.2) is 22.7 Å². The molecule has 0 spiro atoms. The molecule has 1 fully saturated rings. The van der Waals surface area contributed by atoms with Crippen LogP contribution in [-0.4, -0.2) is 5.54 Å². The minimum absolute atomic E-state index is 0.287. The first-order valence-corrected chi connectivity index (χ1v) is 5.22. The molecule has 13 heavy (non-hydrogen) atoms. The maximum absolute atomic E-state index is 5.84. The summed E-state index contributed by atoms with van der Waals surface area (Å²) >= 11 is 3.43. The molecule has 0 saturated heterocycles. The molecule has 0 amide bonds. The van der Waals surface area contributed by atoms with Gasteiger partial charge in [-0.1, -0.05) is 15.9 Å². The van der Waals surface area contributed by atoms with Crippen LogP contribution in [0.3, 0.4) is 0 Å². The molecule has 1 aromatic rings. The van der Waals surface area contributed by atoms with E-state index in [4.69, 9.17) is 5.73 Å². The Morgan fingerprint density at radius 3 is 2.77 bits per heavy atom. The summed E-state index contributed by atoms with van der Waals surface area (Å²) in [6.07, 6.45) is 2.47. The highest BCUT2D eigenvalue weighted by molar-refractivity contribution is 9.10. The van der Waals surface area contributed by atoms with Gasteiger partial charge in [0.2, 0.25) is 0 Å². The Balaban J connectivity index is 2.23. The van der Waals surface area contributed by atoms with Crippen LogP contribution in [0.2, 0.25) is 0 Å². The highest BCUT2D eigenvalue weighted by Gasteiger charge is 2.37. The second kappa shape index (κ2) is 2.91. The third-order valence-corrected chi connectivity index (χ3v) is 2.95. The number of nitrogens with one attached hydrogen (secondary N) is 1. The second-order valence-electron chi connectivity index (χ2n) is 3.92. The van der Waals surface area contributed by atoms with Gasteiger partial charge in [0, 0.05) is 10.0 Å². The maximum atomic E-state index is 5.84. The summed E-state index contributed by atoms with van der Waals surface area (Å²) in [4.78, 5) is 0. The summed E-state index contributed by atoms with van der Waals surface area (Å²) < 4.78 is 1.06. The fourth-order valence-corrected chi connectivity index (χ4v) is 1.64. The molecule has 0 bridgehead atoms. The molecule has 70 valence electrons. The van der Waals surface area contributed by atoms with E-state index in [0.29, 0.717) is 0 Å². The molecule has 1 aromatic carbocycles. The van der Waals surface area contributed by atoms with Crippen molar-refractivity contribution in [3.63, 3.8) is 0 Å². The van der Waals surface area contributed by atoms with Crippen LogP contribution < -0.4 is 11.1 Å². The van der Waals surface area contributed by atoms with Crippen molar-refractivity contribution >= 4 is 27.3 Å². The van der Waals surface area contributed by atoms with Gasteiger partial charge in [-0.3, -0.25) is 0 Å². The summed E-state index contributed by atoms with van der Waals surface area (Å²) in [5, 5.41) is 3.45. The minimum atomic E-state index is 0.287. The highest BCUT2D eigenvalue weighted by atomic mass is 79.9. The third kappa shape index (κ3) is 1.97. The first-order valence-electron chi connectivity index (χ1n) is 4.42. The standard InChI is InChI=1S/C10H13BrN2/c1-10(4-5-10)13-9-6-7(11)2-3-8(9)12/h2-3,6,13H,4-5,12H2,1H3. The minimum Gasteiger partial charge on any atom is -0.397 e. The number of hydrogen-bond acceptors (Lipinski definition) is 2. The smallest absolute Gasteiger partial charge is 0.0589 e. The summed E-state index contributed by atoms with van der Waals surface area (Å²) in [5.74, 6) is 0. The third-order valence-electron chi connectivity index (χ3n) is 2.45. The van der Waals surface area contributed by atoms with Crippen molar-refractivity contribution in [1.29, 1.82) is 0 Å². The van der Waals surface area contributed by atoms with Gasteiger partial charge in [0.25, 0.3) is 0 Å². The Labute approximate surface area is 86.6 Å². The van der Waals surface area contributed by atoms with Gasteiger partial charge in [0.15, 0.2) is 0 Å². The average Bonchev–Trinajstić information content (AvgIpc) is 2.76. The molecule has 0 atom stereocenters. The van der Waals surface area contributed by atoms with Crippen molar-refractivity contribution in [3.05, 3.63) is 22.7 Å². The Bertz CT molecular complexity index is 332. The zero-order valence-electron chi connectivity index (χ0n) is 7.60. The van der Waals surface area contributed by atoms with Gasteiger partial charge in [-0.15, -0.1) is 0 Å². The van der Waals surface area contributed by atoms with Crippen molar-refractivity contribution in [1.82, 2.24) is 0 Å². The average molecular weight is 241 g/mol. The molecule has 0 heterocycles. The number of halogens is 1. The van der Waals surface area contributed by atoms with E-state index in [1.165, 1.54) is 12.8 Å². The molecule has 3 N–H and O–H groups in total. The summed E-state index contributed by atoms with van der Waals surface area (Å²) in [5.41, 5.74) is 7.98. The van der Waals surface area contributed by atoms with Gasteiger partial charge in [-0.25, -0.2) is 0 Å². The molecule has 2 nitrogen and oxygen atoms in total. The normalized spacial score (nSPS) is 18.3. The molecule has 3 heteroatoms. The molecule has 0 aliphatic heterocycles. The monoisotopic (exact) mass is 240 g/mol. The number of nitrogens with two attached hydrogens (primary N) is 1. The van der Waals surface area contributed by atoms with Crippen LogP contribution >= 0.6 is 15.9 Å². The van der Waals surface area contributed by atoms with Crippen molar-refractivity contribution < 1.29 is 0 Å². The van der Waals surface area contributed by atoms with E-state index in [1.807, 2.05) is 18.2 Å². The Hall–Kier alpha value is -0.700. The molecule has 0 radical (unpaired) electrons. The van der Waals surface area contributed by atoms with E-state index >= 15 is 0 Å². The van der Waals surface area contributed by atoms with E-state index in [2.05, 4.69) is 28.2 Å². The van der Waals surface area contributed by atoms with E-state index in [0.717, 1.165) is 15.8 Å². The predicted octanol–water partition coefficient (Wildman–Crippen LogP) is 3.00. The molecule has 1 aliphatic carbocycles. The highest BCUT2D eigenvalue weighted by Crippen LogP contribution is 2.39. The largest absolute Gasteiger partial charge is 0.397 e. The Morgan fingerprint density at radius 1 is 1.46 bits per heavy atom. The van der Waals surface area contributed by atoms with Gasteiger partial charge in [0.1, 0.15) is 0 Å². The molecular formula is C10H13BrN2. The Kier molecular flexibility index (Phi) is 1.99. The van der Waals surface area contributed by atoms with Crippen LogP contribution in [0.5, 0.6) is 0 Å². The lowest BCUT2D eigenvalue weighted by Crippen LogP contribution is -2.16. The van der Waals surface area contributed by atoms with Gasteiger partial charge < -0.3 is 11.1 Å². The zero-order chi connectivity index (χ0) is 9.47. The van der Waals surface area contributed by atoms with Crippen molar-refractivity contribution in [2.45, 2.75) is 25.3 Å². The molecule has 1 saturated carbocycles. The van der Waals surface area contributed by atoms with Crippen LogP contribution in [0.4, 0.5) is 11.4 Å². The summed E-state index contributed by atoms with van der Waals surface area (Å²) in [7, 11) is 0. The van der Waals surface area contributed by atoms with Crippen molar-refractivity contribution in [2.75, 3.05) is 11.1 Å². The zero-order valence-corrected chi connectivity index (χ0v) is 9.19. The number of rotatable bonds is 2. The van der Waals surface area contributed by atoms with Crippen molar-refractivity contribution in [3.8, 4) is 0 Å². The molecule has 0 unspecified atom stereocenters. The van der Waals surface area contributed by atoms with Crippen molar-refractivity contribution in [2.24, 2.45) is 0 Å². The lowest BCUT2D eigenvalue weighted by atomic mass is 10.2. The lowest BCUT2D eigenvalue weighted by Gasteiger charge is -2.15. The number of hydrogen-bond donors (Lipinski definition) is 2. The summed E-state index contributed by atoms with van der Waals surface area (Å²) in [6, 6.07) is 5.90. The van der Waals surface area contributed by atoms with E-state index < -0.39 is 0 Å². The van der Waals surface area contributed by atoms with E-state index in [1.54, 1.807) is 0 Å². The Morgan fingerprint density at radius 2 is 2.15 bits per heavy atom. The van der Waals surface area contributed by atoms with Gasteiger partial charge >= 0.3 is 0 Å². The SMILES string of the molecule is CC1(Nc2cc(Br)ccc2N)CC1. The second-order valence-corrected chi connectivity index (χ2v) is 4.83. The number of anilines is 2. The van der Waals surface area contributed by atoms with Gasteiger partial charge in [-0.2, -0.15) is 0 Å². The van der Waals surface area contributed by atoms with Crippen LogP contribution in [0, 0.1) is 0 Å². The van der Waals surface area contributed by atoms with E-state index in [9.17, 15) is 0 Å². The fourth-order valence-electron chi connectivity index (χ4n) is 1.27. The topological polar surface area (TPSA) is 38.0 Å². The summed E-state index contributed by atoms with van der Waals surface area (Å²) in [6.45, 7) is 2.22. The predicted molar refractivity (Wildman–Crippen MR) is 59.8 cm³/mol. The first-order chi connectivity index (χ1) is 6.09. The fraction of sp³-hybridized carbons (Fsp3) is 0.400. The van der Waals surface area contributed by atoms with Crippen LogP contribution in [0.25, 0.3) is 0 Å². The lowest BCUT2D eigenvalue weighted by molar-refractivity contribution is 0.830. The molecule has 2 rings (SSSR count). The van der Waals surface area contributed by atoms with Crippen LogP contribution in [-0.2, 0) is 0 Å². The first kappa shape index (κ1) is 8.88. The number of benzene rings is 1. The van der Waals surface area contributed by atoms with Gasteiger partial charge in [0.05, 0.1) is 11.4 Å².